The Morgan fingerprint density at radius 2 is 2.05 bits per heavy atom. The van der Waals surface area contributed by atoms with Crippen LogP contribution in [0.3, 0.4) is 0 Å². The van der Waals surface area contributed by atoms with Gasteiger partial charge in [0.25, 0.3) is 0 Å². The van der Waals surface area contributed by atoms with Crippen LogP contribution in [0, 0.1) is 11.8 Å². The van der Waals surface area contributed by atoms with Crippen LogP contribution in [-0.4, -0.2) is 35.3 Å². The van der Waals surface area contributed by atoms with Crippen molar-refractivity contribution in [2.45, 2.75) is 24.8 Å². The Kier molecular flexibility index (Phi) is 4.88. The summed E-state index contributed by atoms with van der Waals surface area (Å²) in [6.45, 7) is 4.65. The van der Waals surface area contributed by atoms with Crippen molar-refractivity contribution >= 4 is 17.7 Å². The summed E-state index contributed by atoms with van der Waals surface area (Å²) in [5, 5.41) is 9.18. The fourth-order valence-corrected chi connectivity index (χ4v) is 3.17. The van der Waals surface area contributed by atoms with Crippen LogP contribution >= 0.6 is 11.8 Å². The number of aliphatic carboxylic acids is 1. The van der Waals surface area contributed by atoms with Crippen molar-refractivity contribution in [3.05, 3.63) is 29.8 Å². The lowest BCUT2D eigenvalue weighted by Gasteiger charge is -2.34. The molecule has 19 heavy (non-hydrogen) atoms. The van der Waals surface area contributed by atoms with Crippen LogP contribution in [0.2, 0.25) is 0 Å². The Hall–Kier alpha value is -1.00. The first-order valence-electron chi connectivity index (χ1n) is 6.66. The van der Waals surface area contributed by atoms with Crippen molar-refractivity contribution in [2.24, 2.45) is 11.8 Å². The second-order valence-electron chi connectivity index (χ2n) is 5.42. The van der Waals surface area contributed by atoms with E-state index in [1.54, 1.807) is 11.8 Å². The van der Waals surface area contributed by atoms with E-state index >= 15 is 0 Å². The molecule has 3 nitrogen and oxygen atoms in total. The molecule has 1 N–H and O–H groups in total. The minimum atomic E-state index is -0.658. The summed E-state index contributed by atoms with van der Waals surface area (Å²) >= 11 is 1.74. The molecule has 104 valence electrons. The Balaban J connectivity index is 1.98. The summed E-state index contributed by atoms with van der Waals surface area (Å²) in [4.78, 5) is 14.7. The van der Waals surface area contributed by atoms with Gasteiger partial charge in [-0.1, -0.05) is 19.1 Å². The highest BCUT2D eigenvalue weighted by Gasteiger charge is 2.29. The molecule has 1 aromatic carbocycles. The standard InChI is InChI=1S/C15H21NO2S/c1-11-7-13(15(17)18)10-16(8-11)9-12-3-5-14(19-2)6-4-12/h3-6,11,13H,7-10H2,1-2H3,(H,17,18). The molecule has 0 bridgehead atoms. The number of carbonyl (C=O) groups is 1. The highest BCUT2D eigenvalue weighted by molar-refractivity contribution is 7.98. The lowest BCUT2D eigenvalue weighted by molar-refractivity contribution is -0.144. The third-order valence-corrected chi connectivity index (χ3v) is 4.39. The van der Waals surface area contributed by atoms with Gasteiger partial charge in [-0.25, -0.2) is 0 Å². The molecule has 2 rings (SSSR count). The fourth-order valence-electron chi connectivity index (χ4n) is 2.76. The number of nitrogens with zero attached hydrogens (tertiary/aromatic N) is 1. The topological polar surface area (TPSA) is 40.5 Å². The summed E-state index contributed by atoms with van der Waals surface area (Å²) in [6.07, 6.45) is 2.87. The van der Waals surface area contributed by atoms with Crippen LogP contribution in [0.15, 0.2) is 29.2 Å². The molecular formula is C15H21NO2S. The summed E-state index contributed by atoms with van der Waals surface area (Å²) < 4.78 is 0. The number of carboxylic acid groups (broad SMARTS) is 1. The van der Waals surface area contributed by atoms with Gasteiger partial charge >= 0.3 is 5.97 Å². The third kappa shape index (κ3) is 3.98. The van der Waals surface area contributed by atoms with Gasteiger partial charge in [-0.15, -0.1) is 11.8 Å². The minimum absolute atomic E-state index is 0.214. The molecule has 1 fully saturated rings. The number of benzene rings is 1. The van der Waals surface area contributed by atoms with E-state index in [0.29, 0.717) is 12.5 Å². The number of hydrogen-bond acceptors (Lipinski definition) is 3. The highest BCUT2D eigenvalue weighted by atomic mass is 32.2. The van der Waals surface area contributed by atoms with Crippen molar-refractivity contribution in [3.63, 3.8) is 0 Å². The van der Waals surface area contributed by atoms with E-state index in [1.807, 2.05) is 0 Å². The van der Waals surface area contributed by atoms with E-state index in [-0.39, 0.29) is 5.92 Å². The van der Waals surface area contributed by atoms with Crippen LogP contribution in [0.5, 0.6) is 0 Å². The second kappa shape index (κ2) is 6.44. The van der Waals surface area contributed by atoms with Gasteiger partial charge in [0.1, 0.15) is 0 Å². The average Bonchev–Trinajstić information content (AvgIpc) is 2.39. The molecular weight excluding hydrogens is 258 g/mol. The number of likely N-dealkylation sites (tertiary alicyclic amines) is 1. The van der Waals surface area contributed by atoms with E-state index in [2.05, 4.69) is 42.3 Å². The van der Waals surface area contributed by atoms with Crippen molar-refractivity contribution < 1.29 is 9.90 Å². The second-order valence-corrected chi connectivity index (χ2v) is 6.30. The lowest BCUT2D eigenvalue weighted by atomic mass is 9.90. The summed E-state index contributed by atoms with van der Waals surface area (Å²) in [5.74, 6) is -0.413. The number of hydrogen-bond donors (Lipinski definition) is 1. The Labute approximate surface area is 119 Å². The number of piperidine rings is 1. The van der Waals surface area contributed by atoms with Gasteiger partial charge in [0.2, 0.25) is 0 Å². The fraction of sp³-hybridized carbons (Fsp3) is 0.533. The molecule has 1 saturated heterocycles. The Morgan fingerprint density at radius 3 is 2.63 bits per heavy atom. The van der Waals surface area contributed by atoms with Crippen LogP contribution in [0.1, 0.15) is 18.9 Å². The summed E-state index contributed by atoms with van der Waals surface area (Å²) in [6, 6.07) is 8.53. The van der Waals surface area contributed by atoms with Crippen LogP contribution < -0.4 is 0 Å². The summed E-state index contributed by atoms with van der Waals surface area (Å²) in [5.41, 5.74) is 1.26. The van der Waals surface area contributed by atoms with Crippen LogP contribution in [0.4, 0.5) is 0 Å². The first-order chi connectivity index (χ1) is 9.08. The molecule has 1 aliphatic heterocycles. The zero-order valence-electron chi connectivity index (χ0n) is 11.5. The quantitative estimate of drug-likeness (QED) is 0.860. The van der Waals surface area contributed by atoms with Gasteiger partial charge in [0, 0.05) is 24.5 Å². The van der Waals surface area contributed by atoms with Gasteiger partial charge < -0.3 is 5.11 Å². The summed E-state index contributed by atoms with van der Waals surface area (Å²) in [7, 11) is 0. The smallest absolute Gasteiger partial charge is 0.307 e. The largest absolute Gasteiger partial charge is 0.481 e. The molecule has 0 radical (unpaired) electrons. The minimum Gasteiger partial charge on any atom is -0.481 e. The normalized spacial score (nSPS) is 24.3. The molecule has 2 atom stereocenters. The Morgan fingerprint density at radius 1 is 1.37 bits per heavy atom. The molecule has 0 amide bonds. The van der Waals surface area contributed by atoms with Crippen molar-refractivity contribution in [1.82, 2.24) is 4.90 Å². The zero-order valence-corrected chi connectivity index (χ0v) is 12.3. The van der Waals surface area contributed by atoms with Gasteiger partial charge in [-0.3, -0.25) is 9.69 Å². The molecule has 1 aliphatic rings. The van der Waals surface area contributed by atoms with Gasteiger partial charge in [-0.2, -0.15) is 0 Å². The molecule has 4 heteroatoms. The monoisotopic (exact) mass is 279 g/mol. The predicted molar refractivity (Wildman–Crippen MR) is 78.4 cm³/mol. The highest BCUT2D eigenvalue weighted by Crippen LogP contribution is 2.24. The van der Waals surface area contributed by atoms with Crippen molar-refractivity contribution in [2.75, 3.05) is 19.3 Å². The first-order valence-corrected chi connectivity index (χ1v) is 7.89. The molecule has 0 spiro atoms. The van der Waals surface area contributed by atoms with Gasteiger partial charge in [0.05, 0.1) is 5.92 Å². The van der Waals surface area contributed by atoms with Crippen molar-refractivity contribution in [3.8, 4) is 0 Å². The molecule has 0 saturated carbocycles. The lowest BCUT2D eigenvalue weighted by Crippen LogP contribution is -2.41. The van der Waals surface area contributed by atoms with E-state index in [9.17, 15) is 9.90 Å². The molecule has 0 aromatic heterocycles. The van der Waals surface area contributed by atoms with E-state index in [4.69, 9.17) is 0 Å². The molecule has 0 aliphatic carbocycles. The molecule has 1 heterocycles. The van der Waals surface area contributed by atoms with Crippen LogP contribution in [0.25, 0.3) is 0 Å². The van der Waals surface area contributed by atoms with Crippen LogP contribution in [-0.2, 0) is 11.3 Å². The zero-order chi connectivity index (χ0) is 13.8. The van der Waals surface area contributed by atoms with Gasteiger partial charge in [0.15, 0.2) is 0 Å². The number of carboxylic acids is 1. The maximum atomic E-state index is 11.2. The molecule has 1 aromatic rings. The first kappa shape index (κ1) is 14.4. The maximum absolute atomic E-state index is 11.2. The van der Waals surface area contributed by atoms with Gasteiger partial charge in [-0.05, 0) is 36.3 Å². The van der Waals surface area contributed by atoms with E-state index in [0.717, 1.165) is 19.5 Å². The third-order valence-electron chi connectivity index (χ3n) is 3.65. The number of rotatable bonds is 4. The Bertz CT molecular complexity index is 432. The van der Waals surface area contributed by atoms with E-state index < -0.39 is 5.97 Å². The van der Waals surface area contributed by atoms with E-state index in [1.165, 1.54) is 10.5 Å². The molecule has 2 unspecified atom stereocenters. The van der Waals surface area contributed by atoms with Crippen molar-refractivity contribution in [1.29, 1.82) is 0 Å². The predicted octanol–water partition coefficient (Wildman–Crippen LogP) is 2.95. The SMILES string of the molecule is CSc1ccc(CN2CC(C)CC(C(=O)O)C2)cc1. The maximum Gasteiger partial charge on any atom is 0.307 e. The number of thioether (sulfide) groups is 1. The average molecular weight is 279 g/mol.